The van der Waals surface area contributed by atoms with Gasteiger partial charge in [0.1, 0.15) is 11.6 Å². The molecule has 0 radical (unpaired) electrons. The molecule has 0 atom stereocenters. The number of amides is 1. The predicted molar refractivity (Wildman–Crippen MR) is 67.2 cm³/mol. The summed E-state index contributed by atoms with van der Waals surface area (Å²) in [4.78, 5) is 11.6. The second kappa shape index (κ2) is 5.44. The van der Waals surface area contributed by atoms with Gasteiger partial charge < -0.3 is 11.1 Å². The second-order valence-electron chi connectivity index (χ2n) is 5.12. The van der Waals surface area contributed by atoms with Crippen LogP contribution in [-0.4, -0.2) is 11.4 Å². The van der Waals surface area contributed by atoms with Crippen LogP contribution in [0, 0.1) is 18.6 Å². The van der Waals surface area contributed by atoms with Gasteiger partial charge in [-0.2, -0.15) is 0 Å². The Hall–Kier alpha value is -1.49. The maximum absolute atomic E-state index is 13.5. The van der Waals surface area contributed by atoms with Crippen molar-refractivity contribution in [1.82, 2.24) is 0 Å². The van der Waals surface area contributed by atoms with E-state index in [1.807, 2.05) is 0 Å². The number of rotatable bonds is 4. The normalized spacial score (nSPS) is 11.4. The van der Waals surface area contributed by atoms with Crippen LogP contribution in [0.1, 0.15) is 32.3 Å². The summed E-state index contributed by atoms with van der Waals surface area (Å²) in [6, 6.07) is 2.04. The number of benzene rings is 1. The van der Waals surface area contributed by atoms with Crippen molar-refractivity contribution in [3.63, 3.8) is 0 Å². The molecule has 3 N–H and O–H groups in total. The molecule has 5 heteroatoms. The van der Waals surface area contributed by atoms with E-state index in [4.69, 9.17) is 5.73 Å². The number of nitrogens with two attached hydrogens (primary N) is 1. The van der Waals surface area contributed by atoms with Crippen molar-refractivity contribution in [1.29, 1.82) is 0 Å². The van der Waals surface area contributed by atoms with E-state index in [0.717, 1.165) is 12.1 Å². The topological polar surface area (TPSA) is 55.1 Å². The Morgan fingerprint density at radius 1 is 1.33 bits per heavy atom. The molecule has 0 unspecified atom stereocenters. The standard InChI is InChI=1S/C13H18F2N2O/c1-8-6-10(15)11(7-9(8)14)17-12(18)4-5-13(2,3)16/h6-7H,4-5,16H2,1-3H3,(H,17,18). The van der Waals surface area contributed by atoms with E-state index < -0.39 is 17.2 Å². The highest BCUT2D eigenvalue weighted by Crippen LogP contribution is 2.19. The first-order chi connectivity index (χ1) is 8.19. The van der Waals surface area contributed by atoms with Crippen LogP contribution < -0.4 is 11.1 Å². The molecular weight excluding hydrogens is 238 g/mol. The van der Waals surface area contributed by atoms with E-state index in [9.17, 15) is 13.6 Å². The van der Waals surface area contributed by atoms with Gasteiger partial charge in [0, 0.05) is 18.0 Å². The van der Waals surface area contributed by atoms with Gasteiger partial charge in [-0.05, 0) is 38.8 Å². The molecule has 0 aliphatic carbocycles. The van der Waals surface area contributed by atoms with Crippen molar-refractivity contribution in [2.24, 2.45) is 5.73 Å². The van der Waals surface area contributed by atoms with E-state index in [0.29, 0.717) is 6.42 Å². The van der Waals surface area contributed by atoms with Crippen molar-refractivity contribution < 1.29 is 13.6 Å². The number of hydrogen-bond donors (Lipinski definition) is 2. The van der Waals surface area contributed by atoms with Crippen molar-refractivity contribution in [3.8, 4) is 0 Å². The lowest BCUT2D eigenvalue weighted by Crippen LogP contribution is -2.33. The second-order valence-corrected chi connectivity index (χ2v) is 5.12. The molecule has 0 aliphatic heterocycles. The van der Waals surface area contributed by atoms with Crippen LogP contribution in [0.3, 0.4) is 0 Å². The third-order valence-electron chi connectivity index (χ3n) is 2.52. The molecule has 0 spiro atoms. The fourth-order valence-corrected chi connectivity index (χ4v) is 1.39. The van der Waals surface area contributed by atoms with Gasteiger partial charge in [-0.15, -0.1) is 0 Å². The van der Waals surface area contributed by atoms with E-state index in [1.165, 1.54) is 6.92 Å². The van der Waals surface area contributed by atoms with E-state index in [-0.39, 0.29) is 23.6 Å². The molecule has 0 aliphatic rings. The summed E-state index contributed by atoms with van der Waals surface area (Å²) in [5, 5.41) is 2.34. The highest BCUT2D eigenvalue weighted by Gasteiger charge is 2.15. The zero-order valence-corrected chi connectivity index (χ0v) is 10.8. The Labute approximate surface area is 105 Å². The highest BCUT2D eigenvalue weighted by atomic mass is 19.1. The van der Waals surface area contributed by atoms with Crippen LogP contribution in [0.25, 0.3) is 0 Å². The van der Waals surface area contributed by atoms with Crippen LogP contribution in [0.2, 0.25) is 0 Å². The predicted octanol–water partition coefficient (Wildman–Crippen LogP) is 2.73. The van der Waals surface area contributed by atoms with Gasteiger partial charge in [0.2, 0.25) is 5.91 Å². The Morgan fingerprint density at radius 2 is 1.94 bits per heavy atom. The van der Waals surface area contributed by atoms with Crippen LogP contribution in [-0.2, 0) is 4.79 Å². The van der Waals surface area contributed by atoms with Crippen LogP contribution >= 0.6 is 0 Å². The Bertz CT molecular complexity index is 453. The molecule has 0 heterocycles. The Morgan fingerprint density at radius 3 is 2.50 bits per heavy atom. The number of aryl methyl sites for hydroxylation is 1. The molecule has 0 saturated heterocycles. The molecule has 1 amide bonds. The molecule has 18 heavy (non-hydrogen) atoms. The van der Waals surface area contributed by atoms with Crippen molar-refractivity contribution in [2.45, 2.75) is 39.2 Å². The summed E-state index contributed by atoms with van der Waals surface area (Å²) >= 11 is 0. The smallest absolute Gasteiger partial charge is 0.224 e. The molecule has 0 fully saturated rings. The lowest BCUT2D eigenvalue weighted by molar-refractivity contribution is -0.116. The average molecular weight is 256 g/mol. The molecule has 3 nitrogen and oxygen atoms in total. The fourth-order valence-electron chi connectivity index (χ4n) is 1.39. The minimum atomic E-state index is -0.644. The third kappa shape index (κ3) is 4.41. The molecule has 100 valence electrons. The molecule has 1 aromatic carbocycles. The number of halogens is 2. The molecule has 1 rings (SSSR count). The summed E-state index contributed by atoms with van der Waals surface area (Å²) in [6.07, 6.45) is 0.632. The van der Waals surface area contributed by atoms with Gasteiger partial charge in [0.25, 0.3) is 0 Å². The fraction of sp³-hybridized carbons (Fsp3) is 0.462. The minimum Gasteiger partial charge on any atom is -0.326 e. The van der Waals surface area contributed by atoms with Crippen molar-refractivity contribution >= 4 is 11.6 Å². The van der Waals surface area contributed by atoms with Crippen molar-refractivity contribution in [2.75, 3.05) is 5.32 Å². The first-order valence-corrected chi connectivity index (χ1v) is 5.73. The lowest BCUT2D eigenvalue weighted by atomic mass is 10.00. The lowest BCUT2D eigenvalue weighted by Gasteiger charge is -2.17. The maximum Gasteiger partial charge on any atom is 0.224 e. The van der Waals surface area contributed by atoms with Crippen LogP contribution in [0.5, 0.6) is 0 Å². The van der Waals surface area contributed by atoms with Crippen LogP contribution in [0.4, 0.5) is 14.5 Å². The first-order valence-electron chi connectivity index (χ1n) is 5.73. The number of carbonyl (C=O) groups is 1. The SMILES string of the molecule is Cc1cc(F)c(NC(=O)CCC(C)(C)N)cc1F. The summed E-state index contributed by atoms with van der Waals surface area (Å²) < 4.78 is 26.7. The largest absolute Gasteiger partial charge is 0.326 e. The average Bonchev–Trinajstić information content (AvgIpc) is 2.22. The molecule has 1 aromatic rings. The third-order valence-corrected chi connectivity index (χ3v) is 2.52. The first kappa shape index (κ1) is 14.6. The number of carbonyl (C=O) groups excluding carboxylic acids is 1. The van der Waals surface area contributed by atoms with E-state index in [2.05, 4.69) is 5.32 Å². The van der Waals surface area contributed by atoms with Gasteiger partial charge in [0.05, 0.1) is 5.69 Å². The number of hydrogen-bond acceptors (Lipinski definition) is 2. The van der Waals surface area contributed by atoms with E-state index >= 15 is 0 Å². The van der Waals surface area contributed by atoms with Gasteiger partial charge in [-0.25, -0.2) is 8.78 Å². The Balaban J connectivity index is 2.68. The number of nitrogens with one attached hydrogen (secondary N) is 1. The molecular formula is C13H18F2N2O. The monoisotopic (exact) mass is 256 g/mol. The number of anilines is 1. The highest BCUT2D eigenvalue weighted by molar-refractivity contribution is 5.90. The quantitative estimate of drug-likeness (QED) is 0.870. The Kier molecular flexibility index (Phi) is 4.40. The summed E-state index contributed by atoms with van der Waals surface area (Å²) in [6.45, 7) is 5.06. The van der Waals surface area contributed by atoms with Gasteiger partial charge in [0.15, 0.2) is 0 Å². The zero-order valence-electron chi connectivity index (χ0n) is 10.8. The molecule has 0 bridgehead atoms. The minimum absolute atomic E-state index is 0.141. The van der Waals surface area contributed by atoms with Gasteiger partial charge in [-0.3, -0.25) is 4.79 Å². The summed E-state index contributed by atoms with van der Waals surface area (Å²) in [5.74, 6) is -1.57. The maximum atomic E-state index is 13.5. The van der Waals surface area contributed by atoms with Crippen molar-refractivity contribution in [3.05, 3.63) is 29.3 Å². The molecule has 0 aromatic heterocycles. The molecule has 0 saturated carbocycles. The summed E-state index contributed by atoms with van der Waals surface area (Å²) in [7, 11) is 0. The van der Waals surface area contributed by atoms with E-state index in [1.54, 1.807) is 13.8 Å². The summed E-state index contributed by atoms with van der Waals surface area (Å²) in [5.41, 5.74) is 5.33. The zero-order chi connectivity index (χ0) is 13.9. The van der Waals surface area contributed by atoms with Gasteiger partial charge >= 0.3 is 0 Å². The van der Waals surface area contributed by atoms with Crippen LogP contribution in [0.15, 0.2) is 12.1 Å². The van der Waals surface area contributed by atoms with Gasteiger partial charge in [-0.1, -0.05) is 0 Å².